The summed E-state index contributed by atoms with van der Waals surface area (Å²) in [4.78, 5) is 23.5. The van der Waals surface area contributed by atoms with Crippen molar-refractivity contribution in [2.75, 3.05) is 6.61 Å². The number of ether oxygens (including phenoxy) is 1. The molecule has 0 bridgehead atoms. The minimum absolute atomic E-state index is 0.216. The molecule has 0 amide bonds. The van der Waals surface area contributed by atoms with Crippen LogP contribution < -0.4 is 0 Å². The van der Waals surface area contributed by atoms with Crippen LogP contribution in [0.15, 0.2) is 18.5 Å². The molecule has 0 radical (unpaired) electrons. The van der Waals surface area contributed by atoms with E-state index >= 15 is 0 Å². The van der Waals surface area contributed by atoms with E-state index in [2.05, 4.69) is 15.0 Å². The van der Waals surface area contributed by atoms with E-state index in [1.54, 1.807) is 12.4 Å². The second kappa shape index (κ2) is 5.62. The Bertz CT molecular complexity index is 503. The first-order chi connectivity index (χ1) is 8.76. The van der Waals surface area contributed by atoms with Gasteiger partial charge in [0.05, 0.1) is 23.8 Å². The van der Waals surface area contributed by atoms with Crippen LogP contribution in [0.2, 0.25) is 0 Å². The molecular formula is C13H17N3O2. The van der Waals surface area contributed by atoms with E-state index in [1.807, 2.05) is 19.9 Å². The van der Waals surface area contributed by atoms with E-state index in [1.165, 1.54) is 0 Å². The first-order valence-corrected chi connectivity index (χ1v) is 6.22. The van der Waals surface area contributed by atoms with E-state index in [9.17, 15) is 4.79 Å². The van der Waals surface area contributed by atoms with Crippen molar-refractivity contribution in [3.05, 3.63) is 24.3 Å². The van der Waals surface area contributed by atoms with Crippen molar-refractivity contribution in [3.63, 3.8) is 0 Å². The van der Waals surface area contributed by atoms with Gasteiger partial charge in [-0.15, -0.1) is 0 Å². The van der Waals surface area contributed by atoms with Crippen LogP contribution in [0.4, 0.5) is 0 Å². The Morgan fingerprint density at radius 3 is 3.00 bits per heavy atom. The van der Waals surface area contributed by atoms with Gasteiger partial charge in [0.2, 0.25) is 0 Å². The monoisotopic (exact) mass is 247 g/mol. The van der Waals surface area contributed by atoms with Crippen molar-refractivity contribution in [2.45, 2.75) is 32.6 Å². The van der Waals surface area contributed by atoms with Gasteiger partial charge >= 0.3 is 5.97 Å². The highest BCUT2D eigenvalue weighted by Crippen LogP contribution is 2.22. The topological polar surface area (TPSA) is 67.9 Å². The second-order valence-corrected chi connectivity index (χ2v) is 4.11. The van der Waals surface area contributed by atoms with Gasteiger partial charge in [0.15, 0.2) is 0 Å². The number of hydrogen-bond acceptors (Lipinski definition) is 4. The third kappa shape index (κ3) is 2.50. The number of nitrogens with one attached hydrogen (secondary N) is 1. The van der Waals surface area contributed by atoms with Gasteiger partial charge < -0.3 is 9.72 Å². The number of carbonyl (C=O) groups is 1. The summed E-state index contributed by atoms with van der Waals surface area (Å²) in [6.45, 7) is 4.24. The van der Waals surface area contributed by atoms with Crippen molar-refractivity contribution >= 4 is 17.0 Å². The quantitative estimate of drug-likeness (QED) is 0.824. The van der Waals surface area contributed by atoms with E-state index in [0.717, 1.165) is 23.9 Å². The molecule has 0 fully saturated rings. The van der Waals surface area contributed by atoms with Gasteiger partial charge in [-0.05, 0) is 19.4 Å². The highest BCUT2D eigenvalue weighted by atomic mass is 16.5. The van der Waals surface area contributed by atoms with Crippen LogP contribution in [-0.2, 0) is 9.53 Å². The average Bonchev–Trinajstić information content (AvgIpc) is 2.79. The molecule has 18 heavy (non-hydrogen) atoms. The number of imidazole rings is 1. The normalized spacial score (nSPS) is 12.6. The number of rotatable bonds is 5. The molecule has 0 saturated heterocycles. The smallest absolute Gasteiger partial charge is 0.316 e. The van der Waals surface area contributed by atoms with Crippen molar-refractivity contribution in [3.8, 4) is 0 Å². The molecule has 5 nitrogen and oxygen atoms in total. The zero-order chi connectivity index (χ0) is 13.0. The Balaban J connectivity index is 2.32. The average molecular weight is 247 g/mol. The fourth-order valence-electron chi connectivity index (χ4n) is 1.94. The molecule has 2 heterocycles. The Kier molecular flexibility index (Phi) is 3.92. The Morgan fingerprint density at radius 2 is 2.33 bits per heavy atom. The van der Waals surface area contributed by atoms with Gasteiger partial charge in [-0.25, -0.2) is 4.98 Å². The zero-order valence-corrected chi connectivity index (χ0v) is 10.6. The van der Waals surface area contributed by atoms with Gasteiger partial charge in [-0.3, -0.25) is 9.78 Å². The largest absolute Gasteiger partial charge is 0.465 e. The molecule has 0 spiro atoms. The number of nitrogens with zero attached hydrogens (tertiary/aromatic N) is 2. The van der Waals surface area contributed by atoms with Crippen LogP contribution in [0.5, 0.6) is 0 Å². The van der Waals surface area contributed by atoms with Gasteiger partial charge in [0.25, 0.3) is 0 Å². The molecule has 1 unspecified atom stereocenters. The maximum atomic E-state index is 11.9. The number of aromatic nitrogens is 3. The lowest BCUT2D eigenvalue weighted by atomic mass is 10.0. The predicted octanol–water partition coefficient (Wildman–Crippen LogP) is 2.40. The maximum Gasteiger partial charge on any atom is 0.316 e. The first kappa shape index (κ1) is 12.5. The van der Waals surface area contributed by atoms with E-state index in [0.29, 0.717) is 12.4 Å². The number of H-pyrrole nitrogens is 1. The number of carbonyl (C=O) groups excluding carboxylic acids is 1. The van der Waals surface area contributed by atoms with Crippen LogP contribution in [0.1, 0.15) is 38.4 Å². The SMILES string of the molecule is CCCC(C(=O)OCC)c1nc2ccncc2[nH]1. The van der Waals surface area contributed by atoms with Crippen LogP contribution in [0, 0.1) is 0 Å². The van der Waals surface area contributed by atoms with Crippen LogP contribution in [0.3, 0.4) is 0 Å². The second-order valence-electron chi connectivity index (χ2n) is 4.11. The third-order valence-electron chi connectivity index (χ3n) is 2.78. The molecule has 5 heteroatoms. The molecule has 96 valence electrons. The summed E-state index contributed by atoms with van der Waals surface area (Å²) in [6.07, 6.45) is 5.02. The molecule has 1 N–H and O–H groups in total. The number of fused-ring (bicyclic) bond motifs is 1. The molecule has 0 aliphatic carbocycles. The summed E-state index contributed by atoms with van der Waals surface area (Å²) < 4.78 is 5.09. The van der Waals surface area contributed by atoms with Crippen molar-refractivity contribution < 1.29 is 9.53 Å². The molecular weight excluding hydrogens is 230 g/mol. The summed E-state index contributed by atoms with van der Waals surface area (Å²) in [5.74, 6) is 0.131. The van der Waals surface area contributed by atoms with Gasteiger partial charge in [-0.1, -0.05) is 13.3 Å². The van der Waals surface area contributed by atoms with Gasteiger partial charge in [-0.2, -0.15) is 0 Å². The van der Waals surface area contributed by atoms with Crippen molar-refractivity contribution in [1.29, 1.82) is 0 Å². The minimum Gasteiger partial charge on any atom is -0.465 e. The lowest BCUT2D eigenvalue weighted by molar-refractivity contribution is -0.145. The van der Waals surface area contributed by atoms with Crippen LogP contribution in [0.25, 0.3) is 11.0 Å². The highest BCUT2D eigenvalue weighted by molar-refractivity contribution is 5.80. The van der Waals surface area contributed by atoms with Crippen molar-refractivity contribution in [1.82, 2.24) is 15.0 Å². The van der Waals surface area contributed by atoms with E-state index < -0.39 is 0 Å². The summed E-state index contributed by atoms with van der Waals surface area (Å²) in [7, 11) is 0. The van der Waals surface area contributed by atoms with Gasteiger partial charge in [0.1, 0.15) is 11.7 Å². The first-order valence-electron chi connectivity index (χ1n) is 6.22. The highest BCUT2D eigenvalue weighted by Gasteiger charge is 2.24. The van der Waals surface area contributed by atoms with E-state index in [4.69, 9.17) is 4.74 Å². The van der Waals surface area contributed by atoms with Crippen molar-refractivity contribution in [2.24, 2.45) is 0 Å². The summed E-state index contributed by atoms with van der Waals surface area (Å²) in [5, 5.41) is 0. The molecule has 2 aromatic heterocycles. The Hall–Kier alpha value is -1.91. The molecule has 2 aromatic rings. The third-order valence-corrected chi connectivity index (χ3v) is 2.78. The van der Waals surface area contributed by atoms with E-state index in [-0.39, 0.29) is 11.9 Å². The number of hydrogen-bond donors (Lipinski definition) is 1. The molecule has 0 saturated carbocycles. The standard InChI is InChI=1S/C13H17N3O2/c1-3-5-9(13(17)18-4-2)12-15-10-6-7-14-8-11(10)16-12/h6-9H,3-5H2,1-2H3,(H,15,16). The summed E-state index contributed by atoms with van der Waals surface area (Å²) in [6, 6.07) is 1.82. The Labute approximate surface area is 106 Å². The van der Waals surface area contributed by atoms with Gasteiger partial charge in [0, 0.05) is 6.20 Å². The lowest BCUT2D eigenvalue weighted by Gasteiger charge is -2.11. The molecule has 0 aliphatic rings. The van der Waals surface area contributed by atoms with Crippen LogP contribution in [-0.4, -0.2) is 27.5 Å². The maximum absolute atomic E-state index is 11.9. The molecule has 2 rings (SSSR count). The number of pyridine rings is 1. The fourth-order valence-corrected chi connectivity index (χ4v) is 1.94. The zero-order valence-electron chi connectivity index (χ0n) is 10.6. The fraction of sp³-hybridized carbons (Fsp3) is 0.462. The lowest BCUT2D eigenvalue weighted by Crippen LogP contribution is -2.17. The minimum atomic E-state index is -0.317. The molecule has 0 aromatic carbocycles. The predicted molar refractivity (Wildman–Crippen MR) is 68.2 cm³/mol. The Morgan fingerprint density at radius 1 is 1.50 bits per heavy atom. The molecule has 0 aliphatic heterocycles. The summed E-state index contributed by atoms with van der Waals surface area (Å²) in [5.41, 5.74) is 1.67. The number of aromatic amines is 1. The van der Waals surface area contributed by atoms with Crippen LogP contribution >= 0.6 is 0 Å². The summed E-state index contributed by atoms with van der Waals surface area (Å²) >= 11 is 0. The molecule has 1 atom stereocenters. The number of esters is 1.